The van der Waals surface area contributed by atoms with Gasteiger partial charge in [-0.15, -0.1) is 0 Å². The molecule has 0 aliphatic carbocycles. The molecule has 0 amide bonds. The van der Waals surface area contributed by atoms with Crippen LogP contribution in [0.3, 0.4) is 0 Å². The first-order chi connectivity index (χ1) is 11.6. The van der Waals surface area contributed by atoms with Crippen LogP contribution in [0.1, 0.15) is 31.4 Å². The predicted molar refractivity (Wildman–Crippen MR) is 87.2 cm³/mol. The summed E-state index contributed by atoms with van der Waals surface area (Å²) < 4.78 is 5.54. The summed E-state index contributed by atoms with van der Waals surface area (Å²) in [5.41, 5.74) is 0.937. The molecule has 5 N–H and O–H groups in total. The fraction of sp³-hybridized carbons (Fsp3) is 0.812. The first-order valence-electron chi connectivity index (χ1n) is 8.59. The zero-order valence-corrected chi connectivity index (χ0v) is 13.9. The van der Waals surface area contributed by atoms with Crippen LogP contribution in [0, 0.1) is 0 Å². The number of hydrogen-bond donors (Lipinski definition) is 5. The summed E-state index contributed by atoms with van der Waals surface area (Å²) in [5, 5.41) is 46.6. The molecule has 0 saturated carbocycles. The lowest BCUT2D eigenvalue weighted by Crippen LogP contribution is -2.51. The highest BCUT2D eigenvalue weighted by molar-refractivity contribution is 4.97. The first-order valence-corrected chi connectivity index (χ1v) is 8.59. The molecular formula is C16H29N3O5. The summed E-state index contributed by atoms with van der Waals surface area (Å²) in [4.78, 5) is 2.05. The van der Waals surface area contributed by atoms with Crippen molar-refractivity contribution in [1.82, 2.24) is 15.1 Å². The fourth-order valence-electron chi connectivity index (χ4n) is 2.99. The maximum atomic E-state index is 10.4. The number of nitrogens with zero attached hydrogens (tertiary/aromatic N) is 2. The Hall–Kier alpha value is -1.03. The van der Waals surface area contributed by atoms with E-state index >= 15 is 0 Å². The lowest BCUT2D eigenvalue weighted by Gasteiger charge is -2.33. The van der Waals surface area contributed by atoms with E-state index < -0.39 is 31.0 Å². The Morgan fingerprint density at radius 1 is 1.29 bits per heavy atom. The average Bonchev–Trinajstić information content (AvgIpc) is 3.08. The van der Waals surface area contributed by atoms with E-state index in [1.807, 2.05) is 11.0 Å². The Bertz CT molecular complexity index is 445. The molecule has 0 bridgehead atoms. The van der Waals surface area contributed by atoms with E-state index in [4.69, 9.17) is 9.84 Å². The van der Waals surface area contributed by atoms with E-state index in [-0.39, 0.29) is 6.54 Å². The van der Waals surface area contributed by atoms with Crippen molar-refractivity contribution in [3.05, 3.63) is 18.0 Å². The van der Waals surface area contributed by atoms with Gasteiger partial charge in [-0.05, 0) is 25.5 Å². The molecule has 1 aliphatic heterocycles. The highest BCUT2D eigenvalue weighted by Crippen LogP contribution is 2.15. The fourth-order valence-corrected chi connectivity index (χ4v) is 2.99. The molecule has 1 saturated heterocycles. The smallest absolute Gasteiger partial charge is 0.114 e. The lowest BCUT2D eigenvalue weighted by atomic mass is 10.0. The van der Waals surface area contributed by atoms with E-state index in [0.29, 0.717) is 13.2 Å². The van der Waals surface area contributed by atoms with Crippen molar-refractivity contribution in [2.45, 2.75) is 56.6 Å². The second-order valence-corrected chi connectivity index (χ2v) is 6.37. The molecule has 0 spiro atoms. The third-order valence-corrected chi connectivity index (χ3v) is 4.37. The molecule has 8 heteroatoms. The molecule has 1 aromatic heterocycles. The van der Waals surface area contributed by atoms with E-state index in [9.17, 15) is 15.3 Å². The number of ether oxygens (including phenoxy) is 1. The molecule has 1 aliphatic rings. The van der Waals surface area contributed by atoms with Crippen LogP contribution in [-0.2, 0) is 11.3 Å². The Morgan fingerprint density at radius 3 is 2.79 bits per heavy atom. The van der Waals surface area contributed by atoms with Gasteiger partial charge in [-0.3, -0.25) is 10.00 Å². The van der Waals surface area contributed by atoms with Crippen molar-refractivity contribution in [2.75, 3.05) is 26.3 Å². The van der Waals surface area contributed by atoms with Crippen LogP contribution in [0.5, 0.6) is 0 Å². The second-order valence-electron chi connectivity index (χ2n) is 6.37. The van der Waals surface area contributed by atoms with Crippen LogP contribution in [0.4, 0.5) is 0 Å². The second kappa shape index (κ2) is 10.1. The van der Waals surface area contributed by atoms with Crippen molar-refractivity contribution in [1.29, 1.82) is 0 Å². The molecule has 8 nitrogen and oxygen atoms in total. The molecule has 2 rings (SSSR count). The molecule has 2 heterocycles. The van der Waals surface area contributed by atoms with Gasteiger partial charge < -0.3 is 25.2 Å². The highest BCUT2D eigenvalue weighted by Gasteiger charge is 2.33. The zero-order valence-electron chi connectivity index (χ0n) is 13.9. The minimum Gasteiger partial charge on any atom is -0.394 e. The molecule has 0 radical (unpaired) electrons. The summed E-state index contributed by atoms with van der Waals surface area (Å²) in [6.07, 6.45) is 0.968. The van der Waals surface area contributed by atoms with Gasteiger partial charge in [0, 0.05) is 31.6 Å². The van der Waals surface area contributed by atoms with Crippen molar-refractivity contribution in [2.24, 2.45) is 0 Å². The summed E-state index contributed by atoms with van der Waals surface area (Å²) in [5.74, 6) is 0. The van der Waals surface area contributed by atoms with Crippen molar-refractivity contribution in [3.8, 4) is 0 Å². The minimum atomic E-state index is -1.27. The molecule has 0 unspecified atom stereocenters. The van der Waals surface area contributed by atoms with Crippen molar-refractivity contribution < 1.29 is 25.2 Å². The van der Waals surface area contributed by atoms with E-state index in [2.05, 4.69) is 10.2 Å². The zero-order chi connectivity index (χ0) is 17.4. The number of aromatic amines is 1. The molecule has 24 heavy (non-hydrogen) atoms. The van der Waals surface area contributed by atoms with Crippen LogP contribution >= 0.6 is 0 Å². The molecular weight excluding hydrogens is 314 g/mol. The minimum absolute atomic E-state index is 0.248. The Labute approximate surface area is 142 Å². The third kappa shape index (κ3) is 5.80. The van der Waals surface area contributed by atoms with Crippen molar-refractivity contribution >= 4 is 0 Å². The number of nitrogens with one attached hydrogen (secondary N) is 1. The van der Waals surface area contributed by atoms with Crippen LogP contribution < -0.4 is 0 Å². The Morgan fingerprint density at radius 2 is 2.08 bits per heavy atom. The van der Waals surface area contributed by atoms with Gasteiger partial charge in [0.05, 0.1) is 12.7 Å². The average molecular weight is 343 g/mol. The number of aliphatic hydroxyl groups is 4. The standard InChI is InChI=1S/C16H29N3O5/c20-11-14(22)16-15(23)13(21)10-19(9-12-5-6-17-18-12)7-3-1-2-4-8-24-16/h5-6,13-16,20-23H,1-4,7-11H2,(H,17,18)/t13-,14-,15-,16-/m1/s1. The monoisotopic (exact) mass is 343 g/mol. The summed E-state index contributed by atoms with van der Waals surface area (Å²) in [6.45, 7) is 1.52. The molecule has 4 atom stereocenters. The molecule has 1 aromatic rings. The van der Waals surface area contributed by atoms with Gasteiger partial charge in [0.25, 0.3) is 0 Å². The number of rotatable bonds is 4. The summed E-state index contributed by atoms with van der Waals surface area (Å²) in [6, 6.07) is 1.88. The quantitative estimate of drug-likeness (QED) is 0.487. The summed E-state index contributed by atoms with van der Waals surface area (Å²) >= 11 is 0. The van der Waals surface area contributed by atoms with E-state index in [1.165, 1.54) is 0 Å². The maximum Gasteiger partial charge on any atom is 0.114 e. The van der Waals surface area contributed by atoms with Gasteiger partial charge in [0.1, 0.15) is 18.3 Å². The maximum absolute atomic E-state index is 10.4. The predicted octanol–water partition coefficient (Wildman–Crippen LogP) is -0.754. The number of hydrogen-bond acceptors (Lipinski definition) is 7. The van der Waals surface area contributed by atoms with Crippen LogP contribution in [0.15, 0.2) is 12.3 Å². The number of β-amino-alcohol motifs (C(OH)–C–C–N with tert-alkyl or cyclic N) is 1. The molecule has 1 fully saturated rings. The third-order valence-electron chi connectivity index (χ3n) is 4.37. The summed E-state index contributed by atoms with van der Waals surface area (Å²) in [7, 11) is 0. The van der Waals surface area contributed by atoms with E-state index in [1.54, 1.807) is 6.20 Å². The largest absolute Gasteiger partial charge is 0.394 e. The molecule has 138 valence electrons. The number of aromatic nitrogens is 2. The highest BCUT2D eigenvalue weighted by atomic mass is 16.5. The first kappa shape index (κ1) is 19.3. The Kier molecular flexibility index (Phi) is 8.10. The van der Waals surface area contributed by atoms with Crippen LogP contribution in [0.2, 0.25) is 0 Å². The van der Waals surface area contributed by atoms with Crippen LogP contribution in [-0.4, -0.2) is 86.2 Å². The topological polar surface area (TPSA) is 122 Å². The van der Waals surface area contributed by atoms with Gasteiger partial charge in [0.15, 0.2) is 0 Å². The van der Waals surface area contributed by atoms with Gasteiger partial charge in [-0.1, -0.05) is 12.8 Å². The Balaban J connectivity index is 2.04. The number of aliphatic hydroxyl groups excluding tert-OH is 4. The van der Waals surface area contributed by atoms with Gasteiger partial charge in [0.2, 0.25) is 0 Å². The van der Waals surface area contributed by atoms with Gasteiger partial charge in [-0.25, -0.2) is 0 Å². The van der Waals surface area contributed by atoms with Crippen molar-refractivity contribution in [3.63, 3.8) is 0 Å². The van der Waals surface area contributed by atoms with Gasteiger partial charge in [-0.2, -0.15) is 5.10 Å². The number of H-pyrrole nitrogens is 1. The van der Waals surface area contributed by atoms with Crippen LogP contribution in [0.25, 0.3) is 0 Å². The normalized spacial score (nSPS) is 29.6. The lowest BCUT2D eigenvalue weighted by molar-refractivity contribution is -0.147. The van der Waals surface area contributed by atoms with E-state index in [0.717, 1.165) is 37.9 Å². The molecule has 0 aromatic carbocycles. The van der Waals surface area contributed by atoms with Gasteiger partial charge >= 0.3 is 0 Å². The SMILES string of the molecule is OC[C@@H](O)[C@H]1OCCCCCCN(Cc2ccn[nH]2)C[C@@H](O)[C@H]1O.